The van der Waals surface area contributed by atoms with Gasteiger partial charge in [0, 0.05) is 12.5 Å². The summed E-state index contributed by atoms with van der Waals surface area (Å²) in [5.74, 6) is 3.47. The summed E-state index contributed by atoms with van der Waals surface area (Å²) in [5, 5.41) is 4.87. The van der Waals surface area contributed by atoms with Crippen LogP contribution < -0.4 is 4.90 Å². The molecule has 26 heavy (non-hydrogen) atoms. The Labute approximate surface area is 154 Å². The summed E-state index contributed by atoms with van der Waals surface area (Å²) >= 11 is 6.51. The monoisotopic (exact) mass is 366 g/mol. The van der Waals surface area contributed by atoms with Crippen molar-refractivity contribution >= 4 is 23.3 Å². The van der Waals surface area contributed by atoms with E-state index >= 15 is 0 Å². The van der Waals surface area contributed by atoms with E-state index in [1.807, 2.05) is 22.8 Å². The third-order valence-corrected chi connectivity index (χ3v) is 5.41. The molecule has 7 nitrogen and oxygen atoms in total. The molecule has 4 heterocycles. The minimum Gasteiger partial charge on any atom is -0.339 e. The lowest BCUT2D eigenvalue weighted by atomic mass is 10.1. The highest BCUT2D eigenvalue weighted by Gasteiger charge is 2.38. The number of halogens is 1. The molecule has 1 atom stereocenters. The number of imidazole rings is 1. The van der Waals surface area contributed by atoms with Gasteiger partial charge in [0.05, 0.1) is 22.3 Å². The zero-order valence-electron chi connectivity index (χ0n) is 14.1. The molecule has 0 radical (unpaired) electrons. The molecule has 3 aromatic rings. The van der Waals surface area contributed by atoms with Gasteiger partial charge in [0.25, 0.3) is 0 Å². The van der Waals surface area contributed by atoms with Crippen LogP contribution in [0.15, 0.2) is 34.0 Å². The first-order valence-corrected chi connectivity index (χ1v) is 9.14. The van der Waals surface area contributed by atoms with Crippen LogP contribution in [0.4, 0.5) is 5.82 Å². The van der Waals surface area contributed by atoms with Crippen LogP contribution in [0.1, 0.15) is 37.1 Å². The molecule has 0 amide bonds. The summed E-state index contributed by atoms with van der Waals surface area (Å²) in [5.41, 5.74) is 2.64. The molecule has 6 rings (SSSR count). The van der Waals surface area contributed by atoms with Crippen molar-refractivity contribution in [1.29, 1.82) is 0 Å². The van der Waals surface area contributed by atoms with Gasteiger partial charge in [-0.05, 0) is 31.9 Å². The van der Waals surface area contributed by atoms with Crippen molar-refractivity contribution in [2.24, 2.45) is 4.99 Å². The number of rotatable bonds is 2. The fraction of sp³-hybridized carbons (Fsp3) is 0.333. The van der Waals surface area contributed by atoms with Gasteiger partial charge < -0.3 is 9.42 Å². The highest BCUT2D eigenvalue weighted by Crippen LogP contribution is 2.43. The molecule has 0 N–H and O–H groups in total. The molecule has 1 aromatic carbocycles. The molecular weight excluding hydrogens is 352 g/mol. The van der Waals surface area contributed by atoms with E-state index in [9.17, 15) is 0 Å². The quantitative estimate of drug-likeness (QED) is 0.694. The molecule has 0 bridgehead atoms. The number of anilines is 1. The SMILES string of the molecule is C[C@H]1CN2C(=N1)c1c(Cl)cccc1-n1cnc(-c3noc(C4CC4)n3)c12. The third kappa shape index (κ3) is 1.89. The molecule has 0 spiro atoms. The molecule has 0 saturated heterocycles. The number of aromatic nitrogens is 4. The lowest BCUT2D eigenvalue weighted by Crippen LogP contribution is -2.35. The maximum absolute atomic E-state index is 6.51. The van der Waals surface area contributed by atoms with E-state index in [0.717, 1.165) is 42.3 Å². The Morgan fingerprint density at radius 2 is 2.15 bits per heavy atom. The van der Waals surface area contributed by atoms with Crippen LogP contribution in [0.5, 0.6) is 0 Å². The van der Waals surface area contributed by atoms with Gasteiger partial charge in [-0.25, -0.2) is 4.98 Å². The largest absolute Gasteiger partial charge is 0.339 e. The number of amidine groups is 1. The van der Waals surface area contributed by atoms with Crippen molar-refractivity contribution in [3.63, 3.8) is 0 Å². The van der Waals surface area contributed by atoms with E-state index in [4.69, 9.17) is 21.1 Å². The smallest absolute Gasteiger partial charge is 0.230 e. The van der Waals surface area contributed by atoms with Gasteiger partial charge in [0.15, 0.2) is 11.5 Å². The van der Waals surface area contributed by atoms with Crippen molar-refractivity contribution in [1.82, 2.24) is 19.7 Å². The number of hydrogen-bond donors (Lipinski definition) is 0. The Kier molecular flexibility index (Phi) is 2.76. The lowest BCUT2D eigenvalue weighted by Gasteiger charge is -2.30. The maximum atomic E-state index is 6.51. The second kappa shape index (κ2) is 4.94. The number of fused-ring (bicyclic) bond motifs is 6. The van der Waals surface area contributed by atoms with Gasteiger partial charge in [-0.2, -0.15) is 4.98 Å². The fourth-order valence-electron chi connectivity index (χ4n) is 3.75. The molecule has 3 aliphatic rings. The summed E-state index contributed by atoms with van der Waals surface area (Å²) in [6, 6.07) is 6.05. The number of hydrogen-bond acceptors (Lipinski definition) is 6. The first-order chi connectivity index (χ1) is 12.7. The van der Waals surface area contributed by atoms with E-state index in [-0.39, 0.29) is 6.04 Å². The van der Waals surface area contributed by atoms with Gasteiger partial charge in [0.2, 0.25) is 11.7 Å². The van der Waals surface area contributed by atoms with Crippen LogP contribution in [-0.4, -0.2) is 38.1 Å². The van der Waals surface area contributed by atoms with Crippen LogP contribution in [0.2, 0.25) is 5.02 Å². The van der Waals surface area contributed by atoms with Gasteiger partial charge in [-0.3, -0.25) is 9.56 Å². The highest BCUT2D eigenvalue weighted by atomic mass is 35.5. The third-order valence-electron chi connectivity index (χ3n) is 5.10. The molecule has 2 aliphatic heterocycles. The Hall–Kier alpha value is -2.67. The van der Waals surface area contributed by atoms with E-state index in [0.29, 0.717) is 28.3 Å². The van der Waals surface area contributed by atoms with Crippen LogP contribution in [0.25, 0.3) is 17.2 Å². The van der Waals surface area contributed by atoms with Gasteiger partial charge in [-0.15, -0.1) is 0 Å². The predicted octanol–water partition coefficient (Wildman–Crippen LogP) is 3.42. The molecule has 0 unspecified atom stereocenters. The Balaban J connectivity index is 1.58. The van der Waals surface area contributed by atoms with Crippen LogP contribution in [0, 0.1) is 0 Å². The van der Waals surface area contributed by atoms with Crippen molar-refractivity contribution < 1.29 is 4.52 Å². The Morgan fingerprint density at radius 1 is 1.27 bits per heavy atom. The molecule has 2 aromatic heterocycles. The van der Waals surface area contributed by atoms with Gasteiger partial charge >= 0.3 is 0 Å². The summed E-state index contributed by atoms with van der Waals surface area (Å²) in [6.07, 6.45) is 4.04. The standard InChI is InChI=1S/C18H15ClN6O/c1-9-7-24-16(21-9)13-11(19)3-2-4-12(13)25-8-20-14(18(24)25)15-22-17(26-23-15)10-5-6-10/h2-4,8-10H,5-7H2,1H3/t9-/m0/s1. The predicted molar refractivity (Wildman–Crippen MR) is 97.2 cm³/mol. The average molecular weight is 367 g/mol. The molecule has 8 heteroatoms. The van der Waals surface area contributed by atoms with Crippen LogP contribution in [0.3, 0.4) is 0 Å². The zero-order valence-corrected chi connectivity index (χ0v) is 14.8. The highest BCUT2D eigenvalue weighted by molar-refractivity contribution is 6.36. The molecule has 1 saturated carbocycles. The summed E-state index contributed by atoms with van der Waals surface area (Å²) in [7, 11) is 0. The lowest BCUT2D eigenvalue weighted by molar-refractivity contribution is 0.380. The molecular formula is C18H15ClN6O. The average Bonchev–Trinajstić information content (AvgIpc) is 3.05. The van der Waals surface area contributed by atoms with Gasteiger partial charge in [-0.1, -0.05) is 22.8 Å². The van der Waals surface area contributed by atoms with Crippen molar-refractivity contribution in [3.05, 3.63) is 41.0 Å². The summed E-state index contributed by atoms with van der Waals surface area (Å²) in [6.45, 7) is 2.87. The van der Waals surface area contributed by atoms with Crippen LogP contribution >= 0.6 is 11.6 Å². The molecule has 1 aliphatic carbocycles. The zero-order chi connectivity index (χ0) is 17.4. The van der Waals surface area contributed by atoms with E-state index < -0.39 is 0 Å². The minimum atomic E-state index is 0.177. The summed E-state index contributed by atoms with van der Waals surface area (Å²) < 4.78 is 7.49. The first-order valence-electron chi connectivity index (χ1n) is 8.76. The minimum absolute atomic E-state index is 0.177. The molecule has 130 valence electrons. The topological polar surface area (TPSA) is 72.3 Å². The second-order valence-electron chi connectivity index (χ2n) is 7.06. The van der Waals surface area contributed by atoms with E-state index in [1.165, 1.54) is 0 Å². The summed E-state index contributed by atoms with van der Waals surface area (Å²) in [4.78, 5) is 16.2. The van der Waals surface area contributed by atoms with Crippen molar-refractivity contribution in [2.75, 3.05) is 11.4 Å². The Morgan fingerprint density at radius 3 is 3.00 bits per heavy atom. The number of aliphatic imine (C=N–C) groups is 1. The number of benzene rings is 1. The normalized spacial score (nSPS) is 20.6. The molecule has 1 fully saturated rings. The first kappa shape index (κ1) is 14.5. The van der Waals surface area contributed by atoms with Crippen molar-refractivity contribution in [3.8, 4) is 17.2 Å². The second-order valence-corrected chi connectivity index (χ2v) is 7.47. The van der Waals surface area contributed by atoms with E-state index in [2.05, 4.69) is 26.9 Å². The van der Waals surface area contributed by atoms with Crippen molar-refractivity contribution in [2.45, 2.75) is 31.7 Å². The Bertz CT molecular complexity index is 1080. The number of nitrogens with zero attached hydrogens (tertiary/aromatic N) is 6. The van der Waals surface area contributed by atoms with Crippen LogP contribution in [-0.2, 0) is 0 Å². The fourth-order valence-corrected chi connectivity index (χ4v) is 4.01. The maximum Gasteiger partial charge on any atom is 0.230 e. The van der Waals surface area contributed by atoms with E-state index in [1.54, 1.807) is 6.33 Å². The van der Waals surface area contributed by atoms with Gasteiger partial charge in [0.1, 0.15) is 12.2 Å².